The Balaban J connectivity index is 1.46. The number of alkyl halides is 3. The van der Waals surface area contributed by atoms with Gasteiger partial charge in [-0.3, -0.25) is 14.3 Å². The van der Waals surface area contributed by atoms with Gasteiger partial charge in [-0.15, -0.1) is 0 Å². The van der Waals surface area contributed by atoms with Crippen molar-refractivity contribution in [3.8, 4) is 0 Å². The van der Waals surface area contributed by atoms with Crippen LogP contribution in [0.1, 0.15) is 93.2 Å². The molecule has 2 aromatic rings. The van der Waals surface area contributed by atoms with Crippen LogP contribution >= 0.6 is 11.6 Å². The number of carboxylic acid groups (broad SMARTS) is 1. The van der Waals surface area contributed by atoms with Crippen LogP contribution in [0.4, 0.5) is 13.2 Å². The molecule has 1 amide bonds. The molecule has 218 valence electrons. The first-order valence-corrected chi connectivity index (χ1v) is 13.9. The van der Waals surface area contributed by atoms with E-state index in [4.69, 9.17) is 11.6 Å². The van der Waals surface area contributed by atoms with Gasteiger partial charge in [-0.25, -0.2) is 9.97 Å². The monoisotopic (exact) mass is 583 g/mol. The molecule has 2 aromatic heterocycles. The fourth-order valence-corrected chi connectivity index (χ4v) is 7.13. The number of nitrogens with zero attached hydrogens (tertiary/aromatic N) is 5. The number of aliphatic hydroxyl groups excluding tert-OH is 1. The molecule has 5 rings (SSSR count). The number of halogens is 4. The largest absolute Gasteiger partial charge is 0.481 e. The van der Waals surface area contributed by atoms with Crippen LogP contribution in [0, 0.1) is 22.7 Å². The topological polar surface area (TPSA) is 121 Å². The van der Waals surface area contributed by atoms with Gasteiger partial charge in [0.1, 0.15) is 12.4 Å². The molecule has 9 nitrogen and oxygen atoms in total. The Hall–Kier alpha value is -2.73. The third-order valence-electron chi connectivity index (χ3n) is 9.64. The molecular weight excluding hydrogens is 551 g/mol. The molecular formula is C27H33ClF3N5O4. The Morgan fingerprint density at radius 1 is 1.18 bits per heavy atom. The molecule has 0 saturated heterocycles. The Bertz CT molecular complexity index is 1290. The molecule has 0 radical (unpaired) electrons. The van der Waals surface area contributed by atoms with Gasteiger partial charge in [0.15, 0.2) is 5.69 Å². The summed E-state index contributed by atoms with van der Waals surface area (Å²) in [5.74, 6) is -1.14. The van der Waals surface area contributed by atoms with E-state index in [0.717, 1.165) is 10.9 Å². The van der Waals surface area contributed by atoms with E-state index in [9.17, 15) is 33.0 Å². The van der Waals surface area contributed by atoms with E-state index in [0.29, 0.717) is 24.7 Å². The lowest BCUT2D eigenvalue weighted by Crippen LogP contribution is -2.43. The van der Waals surface area contributed by atoms with Crippen molar-refractivity contribution < 1.29 is 33.0 Å². The second-order valence-electron chi connectivity index (χ2n) is 12.3. The predicted octanol–water partition coefficient (Wildman–Crippen LogP) is 5.16. The van der Waals surface area contributed by atoms with Gasteiger partial charge >= 0.3 is 12.1 Å². The maximum Gasteiger partial charge on any atom is 0.433 e. The number of rotatable bonds is 7. The van der Waals surface area contributed by atoms with Crippen molar-refractivity contribution in [2.45, 2.75) is 83.7 Å². The van der Waals surface area contributed by atoms with Crippen LogP contribution in [0.3, 0.4) is 0 Å². The van der Waals surface area contributed by atoms with Gasteiger partial charge in [-0.2, -0.15) is 18.3 Å². The van der Waals surface area contributed by atoms with E-state index in [1.54, 1.807) is 6.92 Å². The normalized spacial score (nSPS) is 30.0. The number of carboxylic acids is 1. The lowest BCUT2D eigenvalue weighted by Gasteiger charge is -2.35. The third-order valence-corrected chi connectivity index (χ3v) is 9.93. The highest BCUT2D eigenvalue weighted by Gasteiger charge is 2.63. The molecule has 13 heteroatoms. The summed E-state index contributed by atoms with van der Waals surface area (Å²) in [4.78, 5) is 34.7. The van der Waals surface area contributed by atoms with Crippen LogP contribution in [0.2, 0.25) is 5.02 Å². The molecule has 3 fully saturated rings. The highest BCUT2D eigenvalue weighted by atomic mass is 35.5. The minimum Gasteiger partial charge on any atom is -0.481 e. The smallest absolute Gasteiger partial charge is 0.433 e. The minimum atomic E-state index is -4.88. The summed E-state index contributed by atoms with van der Waals surface area (Å²) in [5, 5.41) is 24.6. The molecule has 40 heavy (non-hydrogen) atoms. The Morgan fingerprint density at radius 2 is 1.80 bits per heavy atom. The van der Waals surface area contributed by atoms with E-state index >= 15 is 0 Å². The first kappa shape index (κ1) is 28.8. The summed E-state index contributed by atoms with van der Waals surface area (Å²) in [6.07, 6.45) is -0.722. The first-order chi connectivity index (χ1) is 18.6. The summed E-state index contributed by atoms with van der Waals surface area (Å²) in [6.45, 7) is 5.59. The molecule has 0 aliphatic heterocycles. The predicted molar refractivity (Wildman–Crippen MR) is 137 cm³/mol. The molecule has 0 aromatic carbocycles. The van der Waals surface area contributed by atoms with Gasteiger partial charge in [-0.05, 0) is 62.7 Å². The van der Waals surface area contributed by atoms with Gasteiger partial charge in [0.05, 0.1) is 40.5 Å². The third kappa shape index (κ3) is 4.97. The zero-order valence-electron chi connectivity index (χ0n) is 22.5. The van der Waals surface area contributed by atoms with Gasteiger partial charge < -0.3 is 15.1 Å². The lowest BCUT2D eigenvalue weighted by molar-refractivity contribution is -0.152. The number of carbonyl (C=O) groups excluding carboxylic acids is 1. The van der Waals surface area contributed by atoms with E-state index in [1.165, 1.54) is 17.4 Å². The summed E-state index contributed by atoms with van der Waals surface area (Å²) < 4.78 is 44.4. The number of aromatic nitrogens is 4. The highest BCUT2D eigenvalue weighted by molar-refractivity contribution is 6.31. The first-order valence-electron chi connectivity index (χ1n) is 13.5. The minimum absolute atomic E-state index is 0.0901. The maximum atomic E-state index is 14.5. The van der Waals surface area contributed by atoms with Gasteiger partial charge in [0.2, 0.25) is 0 Å². The van der Waals surface area contributed by atoms with Crippen molar-refractivity contribution in [3.63, 3.8) is 0 Å². The summed E-state index contributed by atoms with van der Waals surface area (Å²) in [6, 6.07) is -1.05. The molecule has 0 bridgehead atoms. The number of fused-ring (bicyclic) bond motifs is 1. The molecule has 3 aliphatic rings. The Kier molecular flexibility index (Phi) is 7.18. The maximum absolute atomic E-state index is 14.5. The molecule has 2 heterocycles. The highest BCUT2D eigenvalue weighted by Crippen LogP contribution is 2.67. The van der Waals surface area contributed by atoms with Crippen molar-refractivity contribution in [1.29, 1.82) is 0 Å². The van der Waals surface area contributed by atoms with Gasteiger partial charge in [-0.1, -0.05) is 25.4 Å². The number of amides is 1. The number of hydrogen-bond donors (Lipinski definition) is 2. The van der Waals surface area contributed by atoms with E-state index in [2.05, 4.69) is 28.9 Å². The second kappa shape index (κ2) is 9.97. The van der Waals surface area contributed by atoms with Crippen molar-refractivity contribution >= 4 is 23.5 Å². The quantitative estimate of drug-likeness (QED) is 0.462. The second-order valence-corrected chi connectivity index (χ2v) is 12.7. The van der Waals surface area contributed by atoms with Crippen LogP contribution in [0.5, 0.6) is 0 Å². The van der Waals surface area contributed by atoms with Crippen molar-refractivity contribution in [2.75, 3.05) is 6.54 Å². The number of aliphatic hydroxyl groups is 1. The van der Waals surface area contributed by atoms with Crippen molar-refractivity contribution in [1.82, 2.24) is 24.6 Å². The van der Waals surface area contributed by atoms with Crippen molar-refractivity contribution in [2.24, 2.45) is 22.7 Å². The van der Waals surface area contributed by atoms with Gasteiger partial charge in [0.25, 0.3) is 5.91 Å². The van der Waals surface area contributed by atoms with Crippen molar-refractivity contribution in [3.05, 3.63) is 40.7 Å². The zero-order valence-corrected chi connectivity index (χ0v) is 23.3. The lowest BCUT2D eigenvalue weighted by atomic mass is 9.74. The SMILES string of the molecule is CC1(C)[C@@H]2C[C@@H](N(CC(O)c3ncncc3Cl)C(=O)c3cnn([C@H]4CC[C@](C)(C(=O)O)CC4)c3C(F)(F)F)C[C@@H]21. The molecule has 2 N–H and O–H groups in total. The van der Waals surface area contributed by atoms with E-state index in [1.807, 2.05) is 0 Å². The Morgan fingerprint density at radius 3 is 2.35 bits per heavy atom. The molecule has 0 spiro atoms. The zero-order chi connectivity index (χ0) is 29.2. The fourth-order valence-electron chi connectivity index (χ4n) is 6.90. The molecule has 3 saturated carbocycles. The standard InChI is InChI=1S/C27H33ClF3N5O4/c1-25(2)17-8-15(9-18(17)25)35(12-20(37)21-19(28)11-32-13-33-21)23(38)16-10-34-36(22(16)27(29,30)31)14-4-6-26(3,7-5-14)24(39)40/h10-11,13-15,17-18,20,37H,4-9,12H2,1-3H3,(H,39,40)/t14-,15-,17-,18+,20?,26-. The number of hydrogen-bond acceptors (Lipinski definition) is 6. The average molecular weight is 584 g/mol. The van der Waals surface area contributed by atoms with E-state index < -0.39 is 46.9 Å². The van der Waals surface area contributed by atoms with Crippen LogP contribution in [0.15, 0.2) is 18.7 Å². The van der Waals surface area contributed by atoms with Crippen LogP contribution in [-0.2, 0) is 11.0 Å². The van der Waals surface area contributed by atoms with Gasteiger partial charge in [0, 0.05) is 12.2 Å². The molecule has 1 unspecified atom stereocenters. The fraction of sp³-hybridized carbons (Fsp3) is 0.667. The molecule has 3 aliphatic carbocycles. The van der Waals surface area contributed by atoms with Crippen LogP contribution in [-0.4, -0.2) is 59.3 Å². The van der Waals surface area contributed by atoms with E-state index in [-0.39, 0.29) is 54.4 Å². The number of carbonyl (C=O) groups is 2. The molecule has 4 atom stereocenters. The summed E-state index contributed by atoms with van der Waals surface area (Å²) in [7, 11) is 0. The Labute approximate surface area is 234 Å². The van der Waals surface area contributed by atoms with Crippen LogP contribution in [0.25, 0.3) is 0 Å². The summed E-state index contributed by atoms with van der Waals surface area (Å²) in [5.41, 5.74) is -2.53. The summed E-state index contributed by atoms with van der Waals surface area (Å²) >= 11 is 6.15. The number of aliphatic carboxylic acids is 1. The van der Waals surface area contributed by atoms with Crippen LogP contribution < -0.4 is 0 Å². The average Bonchev–Trinajstić information content (AvgIpc) is 3.31.